The van der Waals surface area contributed by atoms with Gasteiger partial charge in [0.1, 0.15) is 5.75 Å². The first-order valence-corrected chi connectivity index (χ1v) is 6.92. The fourth-order valence-electron chi connectivity index (χ4n) is 1.70. The first-order valence-electron chi connectivity index (χ1n) is 6.92. The van der Waals surface area contributed by atoms with Gasteiger partial charge in [0.2, 0.25) is 5.91 Å². The highest BCUT2D eigenvalue weighted by atomic mass is 16.5. The van der Waals surface area contributed by atoms with Gasteiger partial charge in [0.25, 0.3) is 5.91 Å². The van der Waals surface area contributed by atoms with Gasteiger partial charge in [0.05, 0.1) is 6.04 Å². The van der Waals surface area contributed by atoms with Crippen LogP contribution < -0.4 is 15.8 Å². The quantitative estimate of drug-likeness (QED) is 0.731. The third kappa shape index (κ3) is 5.83. The predicted octanol–water partition coefficient (Wildman–Crippen LogP) is 0.507. The van der Waals surface area contributed by atoms with Crippen molar-refractivity contribution in [3.05, 3.63) is 29.8 Å². The zero-order valence-corrected chi connectivity index (χ0v) is 12.8. The van der Waals surface area contributed by atoms with Crippen LogP contribution in [-0.4, -0.2) is 43.0 Å². The topological polar surface area (TPSA) is 84.7 Å². The Morgan fingerprint density at radius 1 is 1.33 bits per heavy atom. The van der Waals surface area contributed by atoms with Gasteiger partial charge in [-0.3, -0.25) is 9.59 Å². The van der Waals surface area contributed by atoms with E-state index in [1.165, 1.54) is 0 Å². The van der Waals surface area contributed by atoms with E-state index in [1.807, 2.05) is 26.0 Å². The van der Waals surface area contributed by atoms with E-state index < -0.39 is 5.91 Å². The van der Waals surface area contributed by atoms with Crippen molar-refractivity contribution in [2.75, 3.05) is 20.2 Å². The second kappa shape index (κ2) is 8.26. The number of hydrogen-bond donors (Lipinski definition) is 2. The van der Waals surface area contributed by atoms with Gasteiger partial charge in [-0.1, -0.05) is 12.1 Å². The molecule has 0 aliphatic rings. The lowest BCUT2D eigenvalue weighted by molar-refractivity contribution is -0.131. The number of ether oxygens (including phenoxy) is 1. The minimum atomic E-state index is -0.506. The Morgan fingerprint density at radius 3 is 2.48 bits per heavy atom. The summed E-state index contributed by atoms with van der Waals surface area (Å²) in [6.07, 6.45) is 0. The number of carbonyl (C=O) groups excluding carboxylic acids is 2. The summed E-state index contributed by atoms with van der Waals surface area (Å²) in [5, 5.41) is 3.18. The second-order valence-corrected chi connectivity index (χ2v) is 4.85. The first kappa shape index (κ1) is 17.0. The molecule has 1 atom stereocenters. The van der Waals surface area contributed by atoms with E-state index in [2.05, 4.69) is 5.32 Å². The summed E-state index contributed by atoms with van der Waals surface area (Å²) < 4.78 is 5.18. The van der Waals surface area contributed by atoms with E-state index in [4.69, 9.17) is 10.5 Å². The number of nitrogens with one attached hydrogen (secondary N) is 1. The van der Waals surface area contributed by atoms with Gasteiger partial charge in [0, 0.05) is 20.1 Å². The van der Waals surface area contributed by atoms with Crippen LogP contribution in [0.25, 0.3) is 0 Å². The summed E-state index contributed by atoms with van der Waals surface area (Å²) in [6.45, 7) is 4.93. The molecule has 0 aliphatic heterocycles. The molecule has 1 aromatic carbocycles. The van der Waals surface area contributed by atoms with Crippen molar-refractivity contribution in [3.8, 4) is 5.75 Å². The zero-order valence-electron chi connectivity index (χ0n) is 12.8. The highest BCUT2D eigenvalue weighted by Crippen LogP contribution is 2.12. The van der Waals surface area contributed by atoms with Gasteiger partial charge in [-0.15, -0.1) is 0 Å². The molecule has 0 saturated carbocycles. The number of carbonyl (C=O) groups is 2. The molecule has 0 aromatic heterocycles. The molecule has 0 fully saturated rings. The monoisotopic (exact) mass is 293 g/mol. The molecule has 21 heavy (non-hydrogen) atoms. The molecule has 6 heteroatoms. The van der Waals surface area contributed by atoms with Crippen molar-refractivity contribution < 1.29 is 14.3 Å². The maximum atomic E-state index is 11.9. The molecule has 1 unspecified atom stereocenters. The molecule has 1 aromatic rings. The van der Waals surface area contributed by atoms with E-state index >= 15 is 0 Å². The third-order valence-electron chi connectivity index (χ3n) is 3.14. The van der Waals surface area contributed by atoms with Crippen LogP contribution in [0.2, 0.25) is 0 Å². The lowest BCUT2D eigenvalue weighted by Crippen LogP contribution is -2.42. The lowest BCUT2D eigenvalue weighted by atomic mass is 10.2. The van der Waals surface area contributed by atoms with Gasteiger partial charge in [-0.05, 0) is 31.5 Å². The summed E-state index contributed by atoms with van der Waals surface area (Å²) in [6, 6.07) is 7.06. The number of nitrogens with zero attached hydrogens (tertiary/aromatic N) is 1. The van der Waals surface area contributed by atoms with Crippen LogP contribution in [0.15, 0.2) is 24.3 Å². The number of likely N-dealkylation sites (N-methyl/N-ethyl adjacent to an activating group) is 1. The van der Waals surface area contributed by atoms with Crippen LogP contribution in [0.1, 0.15) is 19.4 Å². The van der Waals surface area contributed by atoms with Crippen LogP contribution in [0.5, 0.6) is 5.75 Å². The molecule has 2 amide bonds. The molecular weight excluding hydrogens is 270 g/mol. The standard InChI is InChI=1S/C15H23N3O3/c1-4-18(3)15(20)11(2)17-9-12-5-7-13(8-6-12)21-10-14(16)19/h5-8,11,17H,4,9-10H2,1-3H3,(H2,16,19). The van der Waals surface area contributed by atoms with Crippen molar-refractivity contribution in [1.82, 2.24) is 10.2 Å². The fourth-order valence-corrected chi connectivity index (χ4v) is 1.70. The molecule has 0 bridgehead atoms. The molecule has 1 rings (SSSR count). The lowest BCUT2D eigenvalue weighted by Gasteiger charge is -2.20. The minimum Gasteiger partial charge on any atom is -0.484 e. The van der Waals surface area contributed by atoms with E-state index in [1.54, 1.807) is 24.1 Å². The van der Waals surface area contributed by atoms with Gasteiger partial charge in [-0.25, -0.2) is 0 Å². The van der Waals surface area contributed by atoms with Gasteiger partial charge in [0.15, 0.2) is 6.61 Å². The molecule has 0 saturated heterocycles. The number of amides is 2. The van der Waals surface area contributed by atoms with Crippen LogP contribution in [0, 0.1) is 0 Å². The highest BCUT2D eigenvalue weighted by molar-refractivity contribution is 5.81. The summed E-state index contributed by atoms with van der Waals surface area (Å²) in [5.74, 6) is 0.152. The Labute approximate surface area is 125 Å². The van der Waals surface area contributed by atoms with E-state index in [0.29, 0.717) is 18.8 Å². The van der Waals surface area contributed by atoms with Crippen LogP contribution in [0.4, 0.5) is 0 Å². The Kier molecular flexibility index (Phi) is 6.68. The van der Waals surface area contributed by atoms with Crippen molar-refractivity contribution in [1.29, 1.82) is 0 Å². The minimum absolute atomic E-state index is 0.0684. The SMILES string of the molecule is CCN(C)C(=O)C(C)NCc1ccc(OCC(N)=O)cc1. The fraction of sp³-hybridized carbons (Fsp3) is 0.467. The van der Waals surface area contributed by atoms with Crippen molar-refractivity contribution >= 4 is 11.8 Å². The average molecular weight is 293 g/mol. The Morgan fingerprint density at radius 2 is 1.95 bits per heavy atom. The second-order valence-electron chi connectivity index (χ2n) is 4.85. The van der Waals surface area contributed by atoms with Crippen molar-refractivity contribution in [2.45, 2.75) is 26.4 Å². The van der Waals surface area contributed by atoms with Crippen LogP contribution in [-0.2, 0) is 16.1 Å². The molecule has 0 heterocycles. The molecule has 3 N–H and O–H groups in total. The molecule has 6 nitrogen and oxygen atoms in total. The molecule has 0 aliphatic carbocycles. The van der Waals surface area contributed by atoms with Gasteiger partial charge < -0.3 is 20.7 Å². The van der Waals surface area contributed by atoms with Crippen LogP contribution >= 0.6 is 0 Å². The summed E-state index contributed by atoms with van der Waals surface area (Å²) in [4.78, 5) is 24.2. The molecule has 0 radical (unpaired) electrons. The smallest absolute Gasteiger partial charge is 0.255 e. The van der Waals surface area contributed by atoms with Gasteiger partial charge in [-0.2, -0.15) is 0 Å². The Hall–Kier alpha value is -2.08. The predicted molar refractivity (Wildman–Crippen MR) is 80.7 cm³/mol. The van der Waals surface area contributed by atoms with Gasteiger partial charge >= 0.3 is 0 Å². The zero-order chi connectivity index (χ0) is 15.8. The summed E-state index contributed by atoms with van der Waals surface area (Å²) >= 11 is 0. The van der Waals surface area contributed by atoms with Crippen molar-refractivity contribution in [2.24, 2.45) is 5.73 Å². The maximum absolute atomic E-state index is 11.9. The Bertz CT molecular complexity index is 474. The van der Waals surface area contributed by atoms with Crippen molar-refractivity contribution in [3.63, 3.8) is 0 Å². The largest absolute Gasteiger partial charge is 0.484 e. The number of primary amides is 1. The summed E-state index contributed by atoms with van der Waals surface area (Å²) in [7, 11) is 1.78. The number of rotatable bonds is 8. The third-order valence-corrected chi connectivity index (χ3v) is 3.14. The maximum Gasteiger partial charge on any atom is 0.255 e. The highest BCUT2D eigenvalue weighted by Gasteiger charge is 2.15. The molecule has 116 valence electrons. The number of benzene rings is 1. The average Bonchev–Trinajstić information content (AvgIpc) is 2.49. The van der Waals surface area contributed by atoms with E-state index in [0.717, 1.165) is 5.56 Å². The number of nitrogens with two attached hydrogens (primary N) is 1. The van der Waals surface area contributed by atoms with E-state index in [9.17, 15) is 9.59 Å². The molecule has 0 spiro atoms. The number of hydrogen-bond acceptors (Lipinski definition) is 4. The normalized spacial score (nSPS) is 11.8. The molecular formula is C15H23N3O3. The Balaban J connectivity index is 2.45. The summed E-state index contributed by atoms with van der Waals surface area (Å²) in [5.41, 5.74) is 6.03. The van der Waals surface area contributed by atoms with E-state index in [-0.39, 0.29) is 18.6 Å². The van der Waals surface area contributed by atoms with Crippen LogP contribution in [0.3, 0.4) is 0 Å². The first-order chi connectivity index (χ1) is 9.93.